The minimum atomic E-state index is -1.84. The van der Waals surface area contributed by atoms with E-state index in [4.69, 9.17) is 46.4 Å². The maximum absolute atomic E-state index is 13.5. The Kier molecular flexibility index (Phi) is 2.95. The van der Waals surface area contributed by atoms with Crippen molar-refractivity contribution in [3.63, 3.8) is 0 Å². The van der Waals surface area contributed by atoms with Gasteiger partial charge in [0.15, 0.2) is 11.6 Å². The van der Waals surface area contributed by atoms with Crippen molar-refractivity contribution in [2.75, 3.05) is 0 Å². The van der Waals surface area contributed by atoms with Crippen LogP contribution in [0.3, 0.4) is 0 Å². The number of aromatic nitrogens is 2. The molecule has 0 amide bonds. The number of aromatic amines is 1. The first-order chi connectivity index (χ1) is 7.30. The lowest BCUT2D eigenvalue weighted by molar-refractivity contribution is 0.591. The third-order valence-electron chi connectivity index (χ3n) is 1.88. The lowest BCUT2D eigenvalue weighted by atomic mass is 10.3. The second-order valence-electron chi connectivity index (χ2n) is 2.97. The number of H-pyrrole nitrogens is 1. The van der Waals surface area contributed by atoms with E-state index >= 15 is 0 Å². The van der Waals surface area contributed by atoms with E-state index in [2.05, 4.69) is 9.97 Å². The number of hydrogen-bond acceptors (Lipinski definition) is 1. The van der Waals surface area contributed by atoms with Gasteiger partial charge in [-0.15, -0.1) is 0 Å². The lowest BCUT2D eigenvalue weighted by Crippen LogP contribution is -2.02. The van der Waals surface area contributed by atoms with Crippen molar-refractivity contribution in [2.45, 2.75) is 3.79 Å². The van der Waals surface area contributed by atoms with Crippen molar-refractivity contribution in [3.05, 3.63) is 28.5 Å². The van der Waals surface area contributed by atoms with Crippen LogP contribution in [0.25, 0.3) is 11.0 Å². The standard InChI is InChI=1S/C8H2Cl4F2N2/c9-4-2(13)1-3-6(5(4)14)16-7(15-3)8(10,11)12/h1H,(H,15,16). The molecule has 0 aliphatic heterocycles. The Morgan fingerprint density at radius 1 is 1.25 bits per heavy atom. The van der Waals surface area contributed by atoms with E-state index in [9.17, 15) is 8.78 Å². The number of nitrogens with zero attached hydrogens (tertiary/aromatic N) is 1. The molecule has 0 radical (unpaired) electrons. The van der Waals surface area contributed by atoms with Gasteiger partial charge in [0.05, 0.1) is 5.52 Å². The van der Waals surface area contributed by atoms with E-state index < -0.39 is 20.4 Å². The van der Waals surface area contributed by atoms with Crippen LogP contribution in [0.2, 0.25) is 5.02 Å². The Balaban J connectivity index is 2.77. The first-order valence-electron chi connectivity index (χ1n) is 3.91. The number of benzene rings is 1. The van der Waals surface area contributed by atoms with Crippen molar-refractivity contribution >= 4 is 57.4 Å². The van der Waals surface area contributed by atoms with E-state index in [1.54, 1.807) is 0 Å². The van der Waals surface area contributed by atoms with Gasteiger partial charge in [0.25, 0.3) is 0 Å². The molecule has 0 atom stereocenters. The number of halogens is 6. The summed E-state index contributed by atoms with van der Waals surface area (Å²) in [6.45, 7) is 0. The van der Waals surface area contributed by atoms with Gasteiger partial charge in [-0.3, -0.25) is 0 Å². The van der Waals surface area contributed by atoms with Crippen LogP contribution in [0.4, 0.5) is 8.78 Å². The Morgan fingerprint density at radius 2 is 1.88 bits per heavy atom. The summed E-state index contributed by atoms with van der Waals surface area (Å²) in [4.78, 5) is 6.21. The number of alkyl halides is 3. The smallest absolute Gasteiger partial charge is 0.248 e. The van der Waals surface area contributed by atoms with Crippen molar-refractivity contribution in [2.24, 2.45) is 0 Å². The molecule has 1 aromatic heterocycles. The highest BCUT2D eigenvalue weighted by Gasteiger charge is 2.28. The summed E-state index contributed by atoms with van der Waals surface area (Å²) in [7, 11) is 0. The number of imidazole rings is 1. The SMILES string of the molecule is Fc1cc2[nH]c(C(Cl)(Cl)Cl)nc2c(F)c1Cl. The van der Waals surface area contributed by atoms with Crippen LogP contribution < -0.4 is 0 Å². The molecule has 2 nitrogen and oxygen atoms in total. The topological polar surface area (TPSA) is 28.7 Å². The molecule has 0 spiro atoms. The van der Waals surface area contributed by atoms with Crippen LogP contribution in [0.5, 0.6) is 0 Å². The van der Waals surface area contributed by atoms with Crippen LogP contribution in [-0.4, -0.2) is 9.97 Å². The number of rotatable bonds is 0. The summed E-state index contributed by atoms with van der Waals surface area (Å²) in [5.41, 5.74) is -0.103. The van der Waals surface area contributed by atoms with Gasteiger partial charge in [-0.2, -0.15) is 0 Å². The molecule has 0 aliphatic rings. The summed E-state index contributed by atoms with van der Waals surface area (Å²) < 4.78 is 24.7. The van der Waals surface area contributed by atoms with Gasteiger partial charge in [-0.1, -0.05) is 46.4 Å². The van der Waals surface area contributed by atoms with Crippen LogP contribution in [0, 0.1) is 11.6 Å². The largest absolute Gasteiger partial charge is 0.338 e. The van der Waals surface area contributed by atoms with Crippen molar-refractivity contribution in [3.8, 4) is 0 Å². The van der Waals surface area contributed by atoms with Gasteiger partial charge in [0, 0.05) is 6.07 Å². The number of fused-ring (bicyclic) bond motifs is 1. The average Bonchev–Trinajstić information content (AvgIpc) is 2.57. The Hall–Kier alpha value is -0.290. The predicted molar refractivity (Wildman–Crippen MR) is 60.3 cm³/mol. The first kappa shape index (κ1) is 12.2. The summed E-state index contributed by atoms with van der Waals surface area (Å²) in [6, 6.07) is 0.980. The normalized spacial score (nSPS) is 12.4. The molecule has 0 unspecified atom stereocenters. The van der Waals surface area contributed by atoms with E-state index in [-0.39, 0.29) is 16.9 Å². The zero-order valence-electron chi connectivity index (χ0n) is 7.29. The highest BCUT2D eigenvalue weighted by Crippen LogP contribution is 2.38. The summed E-state index contributed by atoms with van der Waals surface area (Å²) in [6.07, 6.45) is 0. The monoisotopic (exact) mass is 304 g/mol. The van der Waals surface area contributed by atoms with Crippen LogP contribution in [0.15, 0.2) is 6.07 Å². The molecular weight excluding hydrogens is 304 g/mol. The summed E-state index contributed by atoms with van der Waals surface area (Å²) in [5, 5.41) is -0.644. The second-order valence-corrected chi connectivity index (χ2v) is 5.62. The molecule has 0 fully saturated rings. The van der Waals surface area contributed by atoms with Crippen molar-refractivity contribution < 1.29 is 8.78 Å². The number of hydrogen-bond donors (Lipinski definition) is 1. The molecule has 8 heteroatoms. The minimum absolute atomic E-state index is 0.0701. The highest BCUT2D eigenvalue weighted by molar-refractivity contribution is 6.66. The fraction of sp³-hybridized carbons (Fsp3) is 0.125. The second kappa shape index (κ2) is 3.88. The predicted octanol–water partition coefficient (Wildman–Crippen LogP) is 4.32. The molecule has 0 saturated heterocycles. The maximum atomic E-state index is 13.5. The van der Waals surface area contributed by atoms with E-state index in [1.807, 2.05) is 0 Å². The molecular formula is C8H2Cl4F2N2. The molecule has 2 rings (SSSR count). The Morgan fingerprint density at radius 3 is 2.44 bits per heavy atom. The molecule has 0 bridgehead atoms. The molecule has 0 saturated carbocycles. The first-order valence-corrected chi connectivity index (χ1v) is 5.42. The van der Waals surface area contributed by atoms with Crippen molar-refractivity contribution in [1.82, 2.24) is 9.97 Å². The Bertz CT molecular complexity index is 561. The van der Waals surface area contributed by atoms with E-state index in [0.29, 0.717) is 0 Å². The maximum Gasteiger partial charge on any atom is 0.248 e. The van der Waals surface area contributed by atoms with Crippen LogP contribution in [0.1, 0.15) is 5.82 Å². The van der Waals surface area contributed by atoms with Gasteiger partial charge in [-0.05, 0) is 0 Å². The average molecular weight is 306 g/mol. The minimum Gasteiger partial charge on any atom is -0.338 e. The summed E-state index contributed by atoms with van der Waals surface area (Å²) >= 11 is 22.0. The lowest BCUT2D eigenvalue weighted by Gasteiger charge is -2.04. The molecule has 2 aromatic rings. The molecule has 86 valence electrons. The van der Waals surface area contributed by atoms with Crippen molar-refractivity contribution in [1.29, 1.82) is 0 Å². The zero-order valence-corrected chi connectivity index (χ0v) is 10.3. The van der Waals surface area contributed by atoms with Gasteiger partial charge in [0.1, 0.15) is 16.4 Å². The fourth-order valence-electron chi connectivity index (χ4n) is 1.19. The third-order valence-corrected chi connectivity index (χ3v) is 2.77. The molecule has 1 heterocycles. The van der Waals surface area contributed by atoms with Gasteiger partial charge in [0.2, 0.25) is 3.79 Å². The fourth-order valence-corrected chi connectivity index (χ4v) is 1.60. The molecule has 16 heavy (non-hydrogen) atoms. The van der Waals surface area contributed by atoms with Gasteiger partial charge in [-0.25, -0.2) is 13.8 Å². The van der Waals surface area contributed by atoms with Crippen LogP contribution in [-0.2, 0) is 3.79 Å². The quantitative estimate of drug-likeness (QED) is 0.570. The summed E-state index contributed by atoms with van der Waals surface area (Å²) in [5.74, 6) is -2.01. The molecule has 0 aliphatic carbocycles. The Labute approximate surface area is 108 Å². The van der Waals surface area contributed by atoms with Crippen LogP contribution >= 0.6 is 46.4 Å². The molecule has 1 aromatic carbocycles. The zero-order chi connectivity index (χ0) is 12.1. The molecule has 1 N–H and O–H groups in total. The number of nitrogens with one attached hydrogen (secondary N) is 1. The van der Waals surface area contributed by atoms with E-state index in [0.717, 1.165) is 6.07 Å². The highest BCUT2D eigenvalue weighted by atomic mass is 35.6. The van der Waals surface area contributed by atoms with Gasteiger partial charge >= 0.3 is 0 Å². The van der Waals surface area contributed by atoms with E-state index in [1.165, 1.54) is 0 Å². The van der Waals surface area contributed by atoms with Gasteiger partial charge < -0.3 is 4.98 Å². The third kappa shape index (κ3) is 1.95.